The number of nitrogens with one attached hydrogen (secondary N) is 1. The van der Waals surface area contributed by atoms with E-state index in [0.29, 0.717) is 23.0 Å². The highest BCUT2D eigenvalue weighted by Crippen LogP contribution is 2.29. The fourth-order valence-electron chi connectivity index (χ4n) is 2.96. The third kappa shape index (κ3) is 5.51. The van der Waals surface area contributed by atoms with Crippen LogP contribution in [0.3, 0.4) is 0 Å². The molecule has 0 aliphatic carbocycles. The molecule has 0 saturated carbocycles. The minimum atomic E-state index is -0.548. The van der Waals surface area contributed by atoms with Crippen molar-refractivity contribution in [1.82, 2.24) is 9.78 Å². The van der Waals surface area contributed by atoms with Crippen molar-refractivity contribution in [1.29, 1.82) is 0 Å². The minimum absolute atomic E-state index is 0.0133. The summed E-state index contributed by atoms with van der Waals surface area (Å²) >= 11 is 12.2. The van der Waals surface area contributed by atoms with Crippen LogP contribution in [0.25, 0.3) is 0 Å². The number of halogens is 2. The van der Waals surface area contributed by atoms with Gasteiger partial charge in [0.25, 0.3) is 11.6 Å². The number of aromatic nitrogens is 2. The van der Waals surface area contributed by atoms with Gasteiger partial charge >= 0.3 is 0 Å². The molecule has 4 aromatic rings. The fraction of sp³-hybridized carbons (Fsp3) is 0.0909. The normalized spacial score (nSPS) is 10.7. The Morgan fingerprint density at radius 3 is 2.73 bits per heavy atom. The highest BCUT2D eigenvalue weighted by molar-refractivity contribution is 6.32. The predicted octanol–water partition coefficient (Wildman–Crippen LogP) is 5.57. The Morgan fingerprint density at radius 1 is 1.15 bits per heavy atom. The number of nitro groups is 1. The monoisotopic (exact) mass is 486 g/mol. The lowest BCUT2D eigenvalue weighted by Gasteiger charge is -2.06. The Morgan fingerprint density at radius 2 is 1.97 bits per heavy atom. The van der Waals surface area contributed by atoms with Crippen molar-refractivity contribution < 1.29 is 18.9 Å². The number of benzene rings is 2. The van der Waals surface area contributed by atoms with Crippen LogP contribution >= 0.6 is 23.2 Å². The van der Waals surface area contributed by atoms with Crippen molar-refractivity contribution in [2.24, 2.45) is 0 Å². The molecule has 2 heterocycles. The van der Waals surface area contributed by atoms with Gasteiger partial charge in [-0.3, -0.25) is 19.6 Å². The van der Waals surface area contributed by atoms with Gasteiger partial charge in [-0.05, 0) is 29.8 Å². The van der Waals surface area contributed by atoms with E-state index in [4.69, 9.17) is 32.4 Å². The van der Waals surface area contributed by atoms with Gasteiger partial charge < -0.3 is 14.5 Å². The number of amides is 1. The Labute approximate surface area is 197 Å². The number of furan rings is 1. The van der Waals surface area contributed by atoms with Crippen LogP contribution in [-0.2, 0) is 13.2 Å². The van der Waals surface area contributed by atoms with Gasteiger partial charge in [-0.25, -0.2) is 0 Å². The number of non-ortho nitro benzene ring substituents is 1. The molecule has 0 radical (unpaired) electrons. The summed E-state index contributed by atoms with van der Waals surface area (Å²) in [6.45, 7) is 0.448. The maximum atomic E-state index is 12.5. The summed E-state index contributed by atoms with van der Waals surface area (Å²) in [4.78, 5) is 22.7. The summed E-state index contributed by atoms with van der Waals surface area (Å²) in [7, 11) is 0. The number of carbonyl (C=O) groups is 1. The molecule has 0 spiro atoms. The van der Waals surface area contributed by atoms with Crippen molar-refractivity contribution in [3.8, 4) is 5.75 Å². The molecule has 0 atom stereocenters. The van der Waals surface area contributed by atoms with E-state index >= 15 is 0 Å². The maximum Gasteiger partial charge on any atom is 0.291 e. The Bertz CT molecular complexity index is 1320. The fourth-order valence-corrected chi connectivity index (χ4v) is 3.38. The van der Waals surface area contributed by atoms with E-state index in [0.717, 1.165) is 5.56 Å². The van der Waals surface area contributed by atoms with Crippen LogP contribution in [0.1, 0.15) is 21.9 Å². The van der Waals surface area contributed by atoms with Gasteiger partial charge in [-0.1, -0.05) is 41.4 Å². The van der Waals surface area contributed by atoms with Crippen LogP contribution in [0.2, 0.25) is 10.0 Å². The van der Waals surface area contributed by atoms with Gasteiger partial charge in [-0.15, -0.1) is 0 Å². The molecule has 9 nitrogen and oxygen atoms in total. The largest absolute Gasteiger partial charge is 0.484 e. The highest BCUT2D eigenvalue weighted by Gasteiger charge is 2.15. The van der Waals surface area contributed by atoms with Crippen LogP contribution < -0.4 is 10.1 Å². The van der Waals surface area contributed by atoms with Crippen LogP contribution in [0.15, 0.2) is 71.4 Å². The molecule has 33 heavy (non-hydrogen) atoms. The highest BCUT2D eigenvalue weighted by atomic mass is 35.5. The number of carbonyl (C=O) groups excluding carboxylic acids is 1. The topological polar surface area (TPSA) is 112 Å². The SMILES string of the molecule is O=C(Nc1cnn(Cc2ccccc2Cl)c1)c1ccc(COc2ccc([N+](=O)[O-])cc2Cl)o1. The number of ether oxygens (including phenoxy) is 1. The Hall–Kier alpha value is -3.82. The average molecular weight is 487 g/mol. The zero-order valence-electron chi connectivity index (χ0n) is 16.9. The van der Waals surface area contributed by atoms with Gasteiger partial charge in [0.1, 0.15) is 18.1 Å². The molecule has 2 aromatic heterocycles. The molecule has 0 aliphatic heterocycles. The quantitative estimate of drug-likeness (QED) is 0.257. The van der Waals surface area contributed by atoms with Crippen LogP contribution in [-0.4, -0.2) is 20.6 Å². The average Bonchev–Trinajstić information content (AvgIpc) is 3.44. The second kappa shape index (κ2) is 9.76. The number of nitrogens with zero attached hydrogens (tertiary/aromatic N) is 3. The van der Waals surface area contributed by atoms with E-state index in [1.807, 2.05) is 18.2 Å². The molecule has 168 valence electrons. The standard InChI is InChI=1S/C22H16Cl2N4O5/c23-18-4-2-1-3-14(18)11-27-12-15(10-25-27)26-22(29)21-8-6-17(33-21)13-32-20-7-5-16(28(30)31)9-19(20)24/h1-10,12H,11,13H2,(H,26,29). The summed E-state index contributed by atoms with van der Waals surface area (Å²) in [5, 5.41) is 18.5. The lowest BCUT2D eigenvalue weighted by molar-refractivity contribution is -0.384. The lowest BCUT2D eigenvalue weighted by atomic mass is 10.2. The molecule has 11 heteroatoms. The van der Waals surface area contributed by atoms with Crippen molar-refractivity contribution in [2.75, 3.05) is 5.32 Å². The predicted molar refractivity (Wildman–Crippen MR) is 122 cm³/mol. The number of hydrogen-bond donors (Lipinski definition) is 1. The van der Waals surface area contributed by atoms with E-state index in [1.165, 1.54) is 30.5 Å². The van der Waals surface area contributed by atoms with Crippen molar-refractivity contribution in [3.05, 3.63) is 104 Å². The summed E-state index contributed by atoms with van der Waals surface area (Å²) in [5.74, 6) is 0.272. The number of rotatable bonds is 8. The zero-order chi connectivity index (χ0) is 23.4. The van der Waals surface area contributed by atoms with Gasteiger partial charge in [0.15, 0.2) is 5.76 Å². The van der Waals surface area contributed by atoms with Gasteiger partial charge in [0, 0.05) is 23.4 Å². The molecule has 0 saturated heterocycles. The van der Waals surface area contributed by atoms with Crippen LogP contribution in [0, 0.1) is 10.1 Å². The Kier molecular flexibility index (Phi) is 6.62. The summed E-state index contributed by atoms with van der Waals surface area (Å²) in [6.07, 6.45) is 3.21. The van der Waals surface area contributed by atoms with Crippen molar-refractivity contribution >= 4 is 40.5 Å². The molecular weight excluding hydrogens is 471 g/mol. The van der Waals surface area contributed by atoms with E-state index in [-0.39, 0.29) is 28.8 Å². The maximum absolute atomic E-state index is 12.5. The molecule has 0 unspecified atom stereocenters. The number of nitro benzene ring substituents is 1. The van der Waals surface area contributed by atoms with Gasteiger partial charge in [0.2, 0.25) is 0 Å². The number of hydrogen-bond acceptors (Lipinski definition) is 6. The summed E-state index contributed by atoms with van der Waals surface area (Å²) < 4.78 is 12.7. The molecule has 4 rings (SSSR count). The molecule has 1 amide bonds. The second-order valence-electron chi connectivity index (χ2n) is 6.90. The first-order chi connectivity index (χ1) is 15.9. The molecule has 1 N–H and O–H groups in total. The van der Waals surface area contributed by atoms with Crippen LogP contribution in [0.4, 0.5) is 11.4 Å². The first-order valence-corrected chi connectivity index (χ1v) is 10.4. The first kappa shape index (κ1) is 22.4. The van der Waals surface area contributed by atoms with Crippen LogP contribution in [0.5, 0.6) is 5.75 Å². The van der Waals surface area contributed by atoms with Crippen molar-refractivity contribution in [2.45, 2.75) is 13.2 Å². The lowest BCUT2D eigenvalue weighted by Crippen LogP contribution is -2.10. The molecule has 0 fully saturated rings. The third-order valence-corrected chi connectivity index (χ3v) is 5.23. The van der Waals surface area contributed by atoms with Gasteiger partial charge in [-0.2, -0.15) is 5.10 Å². The first-order valence-electron chi connectivity index (χ1n) is 9.62. The van der Waals surface area contributed by atoms with E-state index in [1.54, 1.807) is 23.0 Å². The smallest absolute Gasteiger partial charge is 0.291 e. The van der Waals surface area contributed by atoms with Crippen molar-refractivity contribution in [3.63, 3.8) is 0 Å². The molecule has 0 aliphatic rings. The number of anilines is 1. The molecule has 2 aromatic carbocycles. The van der Waals surface area contributed by atoms with E-state index in [2.05, 4.69) is 10.4 Å². The molecular formula is C22H16Cl2N4O5. The van der Waals surface area contributed by atoms with E-state index in [9.17, 15) is 14.9 Å². The molecule has 0 bridgehead atoms. The second-order valence-corrected chi connectivity index (χ2v) is 7.71. The summed E-state index contributed by atoms with van der Waals surface area (Å²) in [6, 6.07) is 14.4. The van der Waals surface area contributed by atoms with E-state index < -0.39 is 10.8 Å². The van der Waals surface area contributed by atoms with Gasteiger partial charge in [0.05, 0.1) is 28.4 Å². The summed E-state index contributed by atoms with van der Waals surface area (Å²) in [5.41, 5.74) is 1.27. The minimum Gasteiger partial charge on any atom is -0.484 e. The Balaban J connectivity index is 1.34. The zero-order valence-corrected chi connectivity index (χ0v) is 18.4. The third-order valence-electron chi connectivity index (χ3n) is 4.56.